The van der Waals surface area contributed by atoms with Crippen LogP contribution in [0.25, 0.3) is 0 Å². The molecule has 0 spiro atoms. The lowest BCUT2D eigenvalue weighted by Gasteiger charge is -2.30. The van der Waals surface area contributed by atoms with Crippen LogP contribution < -0.4 is 10.2 Å². The molecule has 0 fully saturated rings. The molecule has 0 saturated carbocycles. The highest BCUT2D eigenvalue weighted by Crippen LogP contribution is 2.39. The summed E-state index contributed by atoms with van der Waals surface area (Å²) in [5.74, 6) is 0.461. The third-order valence-corrected chi connectivity index (χ3v) is 4.29. The Morgan fingerprint density at radius 2 is 1.92 bits per heavy atom. The van der Waals surface area contributed by atoms with Crippen LogP contribution in [0, 0.1) is 10.1 Å². The topological polar surface area (TPSA) is 97.1 Å². The molecular weight excluding hydrogens is 332 g/mol. The van der Waals surface area contributed by atoms with Gasteiger partial charge in [-0.05, 0) is 36.6 Å². The van der Waals surface area contributed by atoms with E-state index in [2.05, 4.69) is 20.3 Å². The molecule has 0 atom stereocenters. The SMILES string of the molecule is O=[N+]([O-])c1c(Nc2ccncc2)ncnc1N1CCCc2ccccc21. The average molecular weight is 348 g/mol. The highest BCUT2D eigenvalue weighted by Gasteiger charge is 2.30. The number of aryl methyl sites for hydroxylation is 1. The molecule has 0 aliphatic carbocycles. The van der Waals surface area contributed by atoms with Crippen molar-refractivity contribution in [3.8, 4) is 0 Å². The largest absolute Gasteiger partial charge is 0.354 e. The van der Waals surface area contributed by atoms with Gasteiger partial charge in [-0.2, -0.15) is 0 Å². The third-order valence-electron chi connectivity index (χ3n) is 4.29. The molecule has 1 N–H and O–H groups in total. The monoisotopic (exact) mass is 348 g/mol. The average Bonchev–Trinajstić information content (AvgIpc) is 2.68. The molecule has 4 rings (SSSR count). The van der Waals surface area contributed by atoms with E-state index >= 15 is 0 Å². The summed E-state index contributed by atoms with van der Waals surface area (Å²) < 4.78 is 0. The van der Waals surface area contributed by atoms with Crippen LogP contribution in [0.3, 0.4) is 0 Å². The van der Waals surface area contributed by atoms with Crippen molar-refractivity contribution >= 4 is 28.7 Å². The van der Waals surface area contributed by atoms with Crippen LogP contribution in [0.15, 0.2) is 55.1 Å². The summed E-state index contributed by atoms with van der Waals surface area (Å²) in [5.41, 5.74) is 2.65. The molecule has 130 valence electrons. The Kier molecular flexibility index (Phi) is 4.14. The summed E-state index contributed by atoms with van der Waals surface area (Å²) in [7, 11) is 0. The summed E-state index contributed by atoms with van der Waals surface area (Å²) in [6.45, 7) is 0.670. The Morgan fingerprint density at radius 3 is 2.73 bits per heavy atom. The van der Waals surface area contributed by atoms with Gasteiger partial charge in [-0.15, -0.1) is 0 Å². The Hall–Kier alpha value is -3.55. The summed E-state index contributed by atoms with van der Waals surface area (Å²) in [6, 6.07) is 11.4. The van der Waals surface area contributed by atoms with Crippen molar-refractivity contribution in [1.29, 1.82) is 0 Å². The Morgan fingerprint density at radius 1 is 1.12 bits per heavy atom. The second-order valence-electron chi connectivity index (χ2n) is 5.90. The van der Waals surface area contributed by atoms with Crippen LogP contribution >= 0.6 is 0 Å². The van der Waals surface area contributed by atoms with E-state index in [4.69, 9.17) is 0 Å². The number of aromatic nitrogens is 3. The first-order valence-electron chi connectivity index (χ1n) is 8.26. The maximum absolute atomic E-state index is 11.8. The first-order chi connectivity index (χ1) is 12.7. The summed E-state index contributed by atoms with van der Waals surface area (Å²) in [5, 5.41) is 14.8. The van der Waals surface area contributed by atoms with E-state index in [9.17, 15) is 10.1 Å². The van der Waals surface area contributed by atoms with E-state index in [0.717, 1.165) is 24.1 Å². The minimum absolute atomic E-state index is 0.138. The number of fused-ring (bicyclic) bond motifs is 1. The lowest BCUT2D eigenvalue weighted by Crippen LogP contribution is -2.26. The highest BCUT2D eigenvalue weighted by atomic mass is 16.6. The van der Waals surface area contributed by atoms with Gasteiger partial charge >= 0.3 is 5.69 Å². The van der Waals surface area contributed by atoms with E-state index in [1.807, 2.05) is 29.2 Å². The molecule has 0 radical (unpaired) electrons. The molecule has 2 aromatic heterocycles. The van der Waals surface area contributed by atoms with E-state index in [1.54, 1.807) is 24.5 Å². The fraction of sp³-hybridized carbons (Fsp3) is 0.167. The lowest BCUT2D eigenvalue weighted by atomic mass is 10.0. The molecule has 0 bridgehead atoms. The zero-order valence-corrected chi connectivity index (χ0v) is 13.9. The van der Waals surface area contributed by atoms with Crippen LogP contribution in [0.1, 0.15) is 12.0 Å². The van der Waals surface area contributed by atoms with Gasteiger partial charge in [0, 0.05) is 30.3 Å². The molecule has 3 aromatic rings. The van der Waals surface area contributed by atoms with Crippen molar-refractivity contribution in [1.82, 2.24) is 15.0 Å². The number of nitro groups is 1. The predicted molar refractivity (Wildman–Crippen MR) is 98.0 cm³/mol. The fourth-order valence-corrected chi connectivity index (χ4v) is 3.15. The van der Waals surface area contributed by atoms with Crippen molar-refractivity contribution < 1.29 is 4.92 Å². The number of hydrogen-bond acceptors (Lipinski definition) is 7. The van der Waals surface area contributed by atoms with Crippen molar-refractivity contribution in [2.24, 2.45) is 0 Å². The molecule has 0 amide bonds. The Labute approximate surface area is 149 Å². The highest BCUT2D eigenvalue weighted by molar-refractivity contribution is 5.79. The number of nitrogens with one attached hydrogen (secondary N) is 1. The van der Waals surface area contributed by atoms with Crippen molar-refractivity contribution in [2.75, 3.05) is 16.8 Å². The van der Waals surface area contributed by atoms with Gasteiger partial charge in [-0.25, -0.2) is 9.97 Å². The summed E-state index contributed by atoms with van der Waals surface area (Å²) in [6.07, 6.45) is 6.43. The zero-order valence-electron chi connectivity index (χ0n) is 13.9. The second kappa shape index (κ2) is 6.75. The number of anilines is 4. The first-order valence-corrected chi connectivity index (χ1v) is 8.26. The number of benzene rings is 1. The van der Waals surface area contributed by atoms with Crippen LogP contribution in [-0.4, -0.2) is 26.4 Å². The number of rotatable bonds is 4. The molecule has 1 aliphatic heterocycles. The summed E-state index contributed by atoms with van der Waals surface area (Å²) >= 11 is 0. The lowest BCUT2D eigenvalue weighted by molar-refractivity contribution is -0.383. The molecule has 3 heterocycles. The normalized spacial score (nSPS) is 13.2. The van der Waals surface area contributed by atoms with E-state index in [1.165, 1.54) is 6.33 Å². The Bertz CT molecular complexity index is 947. The van der Waals surface area contributed by atoms with Gasteiger partial charge in [0.25, 0.3) is 0 Å². The minimum Gasteiger partial charge on any atom is -0.334 e. The first kappa shape index (κ1) is 15.9. The van der Waals surface area contributed by atoms with Crippen molar-refractivity contribution in [3.05, 3.63) is 70.8 Å². The molecule has 26 heavy (non-hydrogen) atoms. The van der Waals surface area contributed by atoms with Gasteiger partial charge in [0.05, 0.1) is 4.92 Å². The zero-order chi connectivity index (χ0) is 17.9. The number of para-hydroxylation sites is 1. The standard InChI is InChI=1S/C18H16N6O2/c25-24(26)16-17(22-14-7-9-19-10-8-14)20-12-21-18(16)23-11-3-5-13-4-1-2-6-15(13)23/h1-2,4,6-10,12H,3,5,11H2,(H,19,20,21,22). The Balaban J connectivity index is 1.80. The van der Waals surface area contributed by atoms with E-state index < -0.39 is 4.92 Å². The van der Waals surface area contributed by atoms with Gasteiger partial charge in [0.2, 0.25) is 11.6 Å². The quantitative estimate of drug-likeness (QED) is 0.568. The van der Waals surface area contributed by atoms with E-state index in [-0.39, 0.29) is 11.5 Å². The predicted octanol–water partition coefficient (Wildman–Crippen LogP) is 3.61. The van der Waals surface area contributed by atoms with Gasteiger partial charge in [0.15, 0.2) is 0 Å². The van der Waals surface area contributed by atoms with Crippen LogP contribution in [0.5, 0.6) is 0 Å². The molecule has 0 saturated heterocycles. The number of pyridine rings is 1. The minimum atomic E-state index is -0.434. The summed E-state index contributed by atoms with van der Waals surface area (Å²) in [4.78, 5) is 25.6. The third kappa shape index (κ3) is 2.92. The molecule has 0 unspecified atom stereocenters. The number of nitrogens with zero attached hydrogens (tertiary/aromatic N) is 5. The molecular formula is C18H16N6O2. The molecule has 8 nitrogen and oxygen atoms in total. The van der Waals surface area contributed by atoms with Gasteiger partial charge in [-0.3, -0.25) is 15.1 Å². The smallest absolute Gasteiger partial charge is 0.334 e. The van der Waals surface area contributed by atoms with E-state index in [0.29, 0.717) is 18.1 Å². The number of hydrogen-bond donors (Lipinski definition) is 1. The fourth-order valence-electron chi connectivity index (χ4n) is 3.15. The molecule has 8 heteroatoms. The van der Waals surface area contributed by atoms with Gasteiger partial charge in [-0.1, -0.05) is 18.2 Å². The van der Waals surface area contributed by atoms with Crippen LogP contribution in [0.2, 0.25) is 0 Å². The second-order valence-corrected chi connectivity index (χ2v) is 5.90. The van der Waals surface area contributed by atoms with Crippen LogP contribution in [-0.2, 0) is 6.42 Å². The molecule has 1 aromatic carbocycles. The van der Waals surface area contributed by atoms with Crippen LogP contribution in [0.4, 0.5) is 28.7 Å². The van der Waals surface area contributed by atoms with Crippen molar-refractivity contribution in [2.45, 2.75) is 12.8 Å². The van der Waals surface area contributed by atoms with Gasteiger partial charge < -0.3 is 10.2 Å². The maximum Gasteiger partial charge on any atom is 0.354 e. The van der Waals surface area contributed by atoms with Crippen molar-refractivity contribution in [3.63, 3.8) is 0 Å². The van der Waals surface area contributed by atoms with Gasteiger partial charge in [0.1, 0.15) is 6.33 Å². The maximum atomic E-state index is 11.8. The molecule has 1 aliphatic rings.